The molecule has 0 aliphatic heterocycles. The zero-order valence-corrected chi connectivity index (χ0v) is 9.38. The van der Waals surface area contributed by atoms with Gasteiger partial charge >= 0.3 is 0 Å². The van der Waals surface area contributed by atoms with Crippen LogP contribution in [0.1, 0.15) is 27.7 Å². The third-order valence-electron chi connectivity index (χ3n) is 1.65. The Labute approximate surface area is 84.9 Å². The molecule has 0 fully saturated rings. The summed E-state index contributed by atoms with van der Waals surface area (Å²) < 4.78 is 5.37. The van der Waals surface area contributed by atoms with Gasteiger partial charge in [0.2, 0.25) is 0 Å². The normalized spacial score (nSPS) is 17.8. The van der Waals surface area contributed by atoms with Crippen molar-refractivity contribution in [3.05, 3.63) is 0 Å². The van der Waals surface area contributed by atoms with E-state index in [9.17, 15) is 0 Å². The lowest BCUT2D eigenvalue weighted by Gasteiger charge is -2.14. The number of ether oxygens (including phenoxy) is 1. The Kier molecular flexibility index (Phi) is 6.82. The molecule has 0 saturated carbocycles. The highest BCUT2D eigenvalue weighted by atomic mass is 35.5. The molecule has 0 aliphatic carbocycles. The lowest BCUT2D eigenvalue weighted by molar-refractivity contribution is 0.0625. The van der Waals surface area contributed by atoms with Crippen molar-refractivity contribution in [3.8, 4) is 0 Å². The van der Waals surface area contributed by atoms with E-state index < -0.39 is 0 Å². The average Bonchev–Trinajstić information content (AvgIpc) is 2.04. The molecule has 13 heavy (non-hydrogen) atoms. The second kappa shape index (κ2) is 7.04. The molecule has 0 spiro atoms. The van der Waals surface area contributed by atoms with E-state index in [-0.39, 0.29) is 12.1 Å². The van der Waals surface area contributed by atoms with E-state index in [4.69, 9.17) is 16.3 Å². The molecule has 4 heteroatoms. The van der Waals surface area contributed by atoms with Gasteiger partial charge in [0.05, 0.1) is 12.1 Å². The van der Waals surface area contributed by atoms with E-state index in [2.05, 4.69) is 9.98 Å². The third kappa shape index (κ3) is 6.72. The van der Waals surface area contributed by atoms with E-state index in [0.29, 0.717) is 11.8 Å². The third-order valence-corrected chi connectivity index (χ3v) is 1.74. The van der Waals surface area contributed by atoms with E-state index in [1.54, 1.807) is 6.92 Å². The maximum atomic E-state index is 5.53. The minimum atomic E-state index is 0.111. The quantitative estimate of drug-likeness (QED) is 0.501. The molecule has 0 bridgehead atoms. The molecule has 0 aromatic carbocycles. The lowest BCUT2D eigenvalue weighted by Crippen LogP contribution is -2.21. The molecule has 0 radical (unpaired) electrons. The first-order valence-corrected chi connectivity index (χ1v) is 4.78. The van der Waals surface area contributed by atoms with Crippen molar-refractivity contribution in [3.63, 3.8) is 0 Å². The van der Waals surface area contributed by atoms with E-state index in [1.165, 1.54) is 6.34 Å². The SMILES string of the molecule is CCOC(C)C(C)/N=C\N=C(/C)Cl. The summed E-state index contributed by atoms with van der Waals surface area (Å²) in [7, 11) is 0. The van der Waals surface area contributed by atoms with Crippen LogP contribution in [0.15, 0.2) is 9.98 Å². The highest BCUT2D eigenvalue weighted by Crippen LogP contribution is 2.01. The van der Waals surface area contributed by atoms with Gasteiger partial charge in [-0.05, 0) is 27.7 Å². The minimum absolute atomic E-state index is 0.111. The molecule has 0 aromatic rings. The smallest absolute Gasteiger partial charge is 0.111 e. The van der Waals surface area contributed by atoms with Gasteiger partial charge in [-0.25, -0.2) is 4.99 Å². The average molecular weight is 205 g/mol. The fourth-order valence-corrected chi connectivity index (χ4v) is 0.785. The first-order chi connectivity index (χ1) is 6.07. The second-order valence-corrected chi connectivity index (χ2v) is 3.34. The van der Waals surface area contributed by atoms with Crippen LogP contribution in [-0.4, -0.2) is 30.3 Å². The monoisotopic (exact) mass is 204 g/mol. The van der Waals surface area contributed by atoms with Gasteiger partial charge in [-0.2, -0.15) is 0 Å². The van der Waals surface area contributed by atoms with Crippen molar-refractivity contribution in [2.24, 2.45) is 9.98 Å². The maximum absolute atomic E-state index is 5.53. The van der Waals surface area contributed by atoms with Crippen LogP contribution < -0.4 is 0 Å². The van der Waals surface area contributed by atoms with Gasteiger partial charge in [-0.1, -0.05) is 11.6 Å². The van der Waals surface area contributed by atoms with E-state index in [1.807, 2.05) is 20.8 Å². The fraction of sp³-hybridized carbons (Fsp3) is 0.778. The molecule has 2 unspecified atom stereocenters. The minimum Gasteiger partial charge on any atom is -0.377 e. The summed E-state index contributed by atoms with van der Waals surface area (Å²) in [5.41, 5.74) is 0. The largest absolute Gasteiger partial charge is 0.377 e. The van der Waals surface area contributed by atoms with Gasteiger partial charge in [0.25, 0.3) is 0 Å². The van der Waals surface area contributed by atoms with Gasteiger partial charge < -0.3 is 4.74 Å². The summed E-state index contributed by atoms with van der Waals surface area (Å²) in [6.07, 6.45) is 1.59. The summed E-state index contributed by atoms with van der Waals surface area (Å²) >= 11 is 5.53. The molecule has 76 valence electrons. The van der Waals surface area contributed by atoms with Crippen LogP contribution in [0.4, 0.5) is 0 Å². The first kappa shape index (κ1) is 12.6. The van der Waals surface area contributed by atoms with Crippen molar-refractivity contribution < 1.29 is 4.74 Å². The molecule has 3 nitrogen and oxygen atoms in total. The number of rotatable bonds is 5. The summed E-state index contributed by atoms with van der Waals surface area (Å²) in [5.74, 6) is 0. The van der Waals surface area contributed by atoms with Crippen LogP contribution in [0.2, 0.25) is 0 Å². The molecular formula is C9H17ClN2O. The van der Waals surface area contributed by atoms with Crippen LogP contribution in [0, 0.1) is 0 Å². The Balaban J connectivity index is 3.91. The molecule has 0 aliphatic rings. The zero-order chi connectivity index (χ0) is 10.3. The van der Waals surface area contributed by atoms with Crippen molar-refractivity contribution in [2.45, 2.75) is 39.8 Å². The molecule has 0 N–H and O–H groups in total. The highest BCUT2D eigenvalue weighted by Gasteiger charge is 2.08. The standard InChI is InChI=1S/C9H17ClN2O/c1-5-13-8(3)7(2)11-6-12-9(4)10/h6-8H,5H2,1-4H3/b11-6-,12-9+. The Bertz CT molecular complexity index is 188. The van der Waals surface area contributed by atoms with Crippen LogP contribution in [0.25, 0.3) is 0 Å². The predicted octanol–water partition coefficient (Wildman–Crippen LogP) is 2.49. The summed E-state index contributed by atoms with van der Waals surface area (Å²) in [6, 6.07) is 0.111. The Morgan fingerprint density at radius 2 is 2.15 bits per heavy atom. The molecule has 0 rings (SSSR count). The number of hydrogen-bond donors (Lipinski definition) is 0. The molecule has 0 amide bonds. The summed E-state index contributed by atoms with van der Waals surface area (Å²) in [4.78, 5) is 8.00. The van der Waals surface area contributed by atoms with Crippen molar-refractivity contribution in [1.29, 1.82) is 0 Å². The van der Waals surface area contributed by atoms with Crippen molar-refractivity contribution in [2.75, 3.05) is 6.61 Å². The van der Waals surface area contributed by atoms with Gasteiger partial charge in [-0.3, -0.25) is 4.99 Å². The number of hydrogen-bond acceptors (Lipinski definition) is 2. The van der Waals surface area contributed by atoms with Crippen LogP contribution in [-0.2, 0) is 4.74 Å². The second-order valence-electron chi connectivity index (χ2n) is 2.79. The van der Waals surface area contributed by atoms with E-state index in [0.717, 1.165) is 0 Å². The van der Waals surface area contributed by atoms with Gasteiger partial charge in [-0.15, -0.1) is 0 Å². The van der Waals surface area contributed by atoms with Crippen LogP contribution in [0.3, 0.4) is 0 Å². The highest BCUT2D eigenvalue weighted by molar-refractivity contribution is 6.65. The fourth-order valence-electron chi connectivity index (χ4n) is 0.741. The number of nitrogens with zero attached hydrogens (tertiary/aromatic N) is 2. The molecule has 0 heterocycles. The van der Waals surface area contributed by atoms with Gasteiger partial charge in [0.1, 0.15) is 11.5 Å². The van der Waals surface area contributed by atoms with Crippen LogP contribution in [0.5, 0.6) is 0 Å². The Morgan fingerprint density at radius 3 is 2.62 bits per heavy atom. The van der Waals surface area contributed by atoms with Crippen LogP contribution >= 0.6 is 11.6 Å². The molecule has 0 saturated heterocycles. The summed E-state index contributed by atoms with van der Waals surface area (Å²) in [5, 5.41) is 0.486. The number of halogens is 1. The topological polar surface area (TPSA) is 34.0 Å². The molecular weight excluding hydrogens is 188 g/mol. The molecule has 2 atom stereocenters. The van der Waals surface area contributed by atoms with Crippen molar-refractivity contribution >= 4 is 23.1 Å². The zero-order valence-electron chi connectivity index (χ0n) is 8.62. The lowest BCUT2D eigenvalue weighted by atomic mass is 10.2. The van der Waals surface area contributed by atoms with E-state index >= 15 is 0 Å². The Morgan fingerprint density at radius 1 is 1.54 bits per heavy atom. The predicted molar refractivity (Wildman–Crippen MR) is 58.0 cm³/mol. The van der Waals surface area contributed by atoms with Gasteiger partial charge in [0, 0.05) is 6.61 Å². The Hall–Kier alpha value is -0.410. The van der Waals surface area contributed by atoms with Crippen molar-refractivity contribution in [1.82, 2.24) is 0 Å². The first-order valence-electron chi connectivity index (χ1n) is 4.41. The maximum Gasteiger partial charge on any atom is 0.111 e. The number of aliphatic imine (C=N–C) groups is 2. The molecule has 0 aromatic heterocycles. The van der Waals surface area contributed by atoms with Gasteiger partial charge in [0.15, 0.2) is 0 Å². The summed E-state index contributed by atoms with van der Waals surface area (Å²) in [6.45, 7) is 8.36.